The van der Waals surface area contributed by atoms with Crippen molar-refractivity contribution < 1.29 is 19.4 Å². The van der Waals surface area contributed by atoms with Gasteiger partial charge in [-0.05, 0) is 13.3 Å². The Morgan fingerprint density at radius 2 is 2.21 bits per heavy atom. The molecule has 1 rings (SSSR count). The Bertz CT molecular complexity index is 481. The predicted octanol–water partition coefficient (Wildman–Crippen LogP) is 1.19. The van der Waals surface area contributed by atoms with Crippen LogP contribution in [0.2, 0.25) is 0 Å². The SMILES string of the molecule is CCOC(=O)c1cnc(S[C@@H](CC)C(=O)O)nc1N. The maximum absolute atomic E-state index is 11.5. The summed E-state index contributed by atoms with van der Waals surface area (Å²) in [7, 11) is 0. The number of carboxylic acids is 1. The van der Waals surface area contributed by atoms with E-state index in [0.29, 0.717) is 6.42 Å². The molecule has 1 atom stereocenters. The second-order valence-electron chi connectivity index (χ2n) is 3.52. The molecule has 1 aromatic rings. The first kappa shape index (κ1) is 15.2. The zero-order valence-electron chi connectivity index (χ0n) is 10.6. The van der Waals surface area contributed by atoms with Crippen LogP contribution >= 0.6 is 11.8 Å². The van der Waals surface area contributed by atoms with Crippen molar-refractivity contribution in [1.29, 1.82) is 0 Å². The summed E-state index contributed by atoms with van der Waals surface area (Å²) >= 11 is 0.991. The van der Waals surface area contributed by atoms with Crippen LogP contribution in [0, 0.1) is 0 Å². The molecule has 0 fully saturated rings. The third-order valence-corrected chi connectivity index (χ3v) is 3.41. The summed E-state index contributed by atoms with van der Waals surface area (Å²) < 4.78 is 4.79. The molecule has 0 unspecified atom stereocenters. The van der Waals surface area contributed by atoms with Gasteiger partial charge in [0, 0.05) is 6.20 Å². The highest BCUT2D eigenvalue weighted by Gasteiger charge is 2.20. The molecular formula is C11H15N3O4S. The molecule has 7 nitrogen and oxygen atoms in total. The molecular weight excluding hydrogens is 270 g/mol. The number of hydrogen-bond acceptors (Lipinski definition) is 7. The molecule has 0 aliphatic rings. The molecule has 0 amide bonds. The highest BCUT2D eigenvalue weighted by molar-refractivity contribution is 8.00. The van der Waals surface area contributed by atoms with Crippen LogP contribution in [-0.2, 0) is 9.53 Å². The van der Waals surface area contributed by atoms with Gasteiger partial charge >= 0.3 is 11.9 Å². The van der Waals surface area contributed by atoms with E-state index in [0.717, 1.165) is 11.8 Å². The van der Waals surface area contributed by atoms with Crippen LogP contribution in [0.3, 0.4) is 0 Å². The summed E-state index contributed by atoms with van der Waals surface area (Å²) in [5.74, 6) is -1.55. The standard InChI is InChI=1S/C11H15N3O4S/c1-3-7(9(15)16)19-11-13-5-6(8(12)14-11)10(17)18-4-2/h5,7H,3-4H2,1-2H3,(H,15,16)(H2,12,13,14)/t7-/m0/s1. The summed E-state index contributed by atoms with van der Waals surface area (Å²) in [5.41, 5.74) is 5.71. The Kier molecular flexibility index (Phi) is 5.56. The predicted molar refractivity (Wildman–Crippen MR) is 70.0 cm³/mol. The summed E-state index contributed by atoms with van der Waals surface area (Å²) in [6.45, 7) is 3.66. The van der Waals surface area contributed by atoms with Crippen LogP contribution < -0.4 is 5.73 Å². The molecule has 3 N–H and O–H groups in total. The molecule has 1 aromatic heterocycles. The Hall–Kier alpha value is -1.83. The highest BCUT2D eigenvalue weighted by Crippen LogP contribution is 2.23. The molecule has 0 aliphatic heterocycles. The van der Waals surface area contributed by atoms with E-state index in [2.05, 4.69) is 9.97 Å². The maximum atomic E-state index is 11.5. The van der Waals surface area contributed by atoms with Gasteiger partial charge in [-0.3, -0.25) is 4.79 Å². The number of nitrogens with two attached hydrogens (primary N) is 1. The lowest BCUT2D eigenvalue weighted by atomic mass is 10.3. The summed E-state index contributed by atoms with van der Waals surface area (Å²) in [5, 5.41) is 8.51. The largest absolute Gasteiger partial charge is 0.480 e. The number of thioether (sulfide) groups is 1. The number of aliphatic carboxylic acids is 1. The first-order valence-electron chi connectivity index (χ1n) is 5.68. The molecule has 19 heavy (non-hydrogen) atoms. The van der Waals surface area contributed by atoms with Crippen molar-refractivity contribution in [2.45, 2.75) is 30.7 Å². The van der Waals surface area contributed by atoms with Crippen molar-refractivity contribution in [3.63, 3.8) is 0 Å². The smallest absolute Gasteiger partial charge is 0.343 e. The van der Waals surface area contributed by atoms with Gasteiger partial charge in [-0.15, -0.1) is 0 Å². The topological polar surface area (TPSA) is 115 Å². The van der Waals surface area contributed by atoms with E-state index in [1.807, 2.05) is 0 Å². The van der Waals surface area contributed by atoms with E-state index in [9.17, 15) is 9.59 Å². The summed E-state index contributed by atoms with van der Waals surface area (Å²) in [6, 6.07) is 0. The van der Waals surface area contributed by atoms with E-state index in [4.69, 9.17) is 15.6 Å². The molecule has 0 aliphatic carbocycles. The number of carbonyl (C=O) groups excluding carboxylic acids is 1. The number of rotatable bonds is 6. The molecule has 0 aromatic carbocycles. The van der Waals surface area contributed by atoms with Gasteiger partial charge < -0.3 is 15.6 Å². The van der Waals surface area contributed by atoms with E-state index in [1.165, 1.54) is 6.20 Å². The van der Waals surface area contributed by atoms with Crippen LogP contribution in [-0.4, -0.2) is 38.9 Å². The number of nitrogens with zero attached hydrogens (tertiary/aromatic N) is 2. The zero-order valence-corrected chi connectivity index (χ0v) is 11.4. The average Bonchev–Trinajstić information content (AvgIpc) is 2.35. The average molecular weight is 285 g/mol. The highest BCUT2D eigenvalue weighted by atomic mass is 32.2. The first-order valence-corrected chi connectivity index (χ1v) is 6.56. The van der Waals surface area contributed by atoms with Crippen molar-refractivity contribution >= 4 is 29.5 Å². The Morgan fingerprint density at radius 3 is 2.68 bits per heavy atom. The number of anilines is 1. The van der Waals surface area contributed by atoms with Gasteiger partial charge in [-0.1, -0.05) is 18.7 Å². The monoisotopic (exact) mass is 285 g/mol. The second kappa shape index (κ2) is 6.93. The lowest BCUT2D eigenvalue weighted by molar-refractivity contribution is -0.136. The quantitative estimate of drug-likeness (QED) is 0.455. The molecule has 104 valence electrons. The molecule has 0 saturated heterocycles. The van der Waals surface area contributed by atoms with Gasteiger partial charge in [0.15, 0.2) is 5.16 Å². The number of hydrogen-bond donors (Lipinski definition) is 2. The lowest BCUT2D eigenvalue weighted by Gasteiger charge is -2.09. The maximum Gasteiger partial charge on any atom is 0.343 e. The van der Waals surface area contributed by atoms with Gasteiger partial charge in [-0.2, -0.15) is 0 Å². The van der Waals surface area contributed by atoms with E-state index < -0.39 is 17.2 Å². The third-order valence-electron chi connectivity index (χ3n) is 2.19. The normalized spacial score (nSPS) is 11.9. The van der Waals surface area contributed by atoms with Crippen molar-refractivity contribution in [3.8, 4) is 0 Å². The molecule has 8 heteroatoms. The van der Waals surface area contributed by atoms with Crippen molar-refractivity contribution in [3.05, 3.63) is 11.8 Å². The Balaban J connectivity index is 2.87. The molecule has 1 heterocycles. The second-order valence-corrected chi connectivity index (χ2v) is 4.69. The number of esters is 1. The minimum absolute atomic E-state index is 0.0174. The van der Waals surface area contributed by atoms with E-state index in [1.54, 1.807) is 13.8 Å². The van der Waals surface area contributed by atoms with Crippen LogP contribution in [0.15, 0.2) is 11.4 Å². The van der Waals surface area contributed by atoms with Gasteiger partial charge in [-0.25, -0.2) is 14.8 Å². The van der Waals surface area contributed by atoms with Gasteiger partial charge in [0.05, 0.1) is 6.61 Å². The van der Waals surface area contributed by atoms with Crippen molar-refractivity contribution in [2.75, 3.05) is 12.3 Å². The Morgan fingerprint density at radius 1 is 1.53 bits per heavy atom. The Labute approximate surface area is 114 Å². The van der Waals surface area contributed by atoms with E-state index in [-0.39, 0.29) is 23.1 Å². The molecule has 0 spiro atoms. The van der Waals surface area contributed by atoms with Crippen LogP contribution in [0.4, 0.5) is 5.82 Å². The number of ether oxygens (including phenoxy) is 1. The minimum Gasteiger partial charge on any atom is -0.480 e. The van der Waals surface area contributed by atoms with Gasteiger partial charge in [0.25, 0.3) is 0 Å². The van der Waals surface area contributed by atoms with Crippen LogP contribution in [0.5, 0.6) is 0 Å². The van der Waals surface area contributed by atoms with Gasteiger partial charge in [0.2, 0.25) is 0 Å². The number of carbonyl (C=O) groups is 2. The van der Waals surface area contributed by atoms with Crippen LogP contribution in [0.25, 0.3) is 0 Å². The fraction of sp³-hybridized carbons (Fsp3) is 0.455. The number of carboxylic acid groups (broad SMARTS) is 1. The van der Waals surface area contributed by atoms with Crippen molar-refractivity contribution in [2.24, 2.45) is 0 Å². The fourth-order valence-electron chi connectivity index (χ4n) is 1.24. The summed E-state index contributed by atoms with van der Waals surface area (Å²) in [4.78, 5) is 30.2. The number of aromatic nitrogens is 2. The zero-order chi connectivity index (χ0) is 14.4. The lowest BCUT2D eigenvalue weighted by Crippen LogP contribution is -2.16. The van der Waals surface area contributed by atoms with Crippen molar-refractivity contribution in [1.82, 2.24) is 9.97 Å². The molecule has 0 saturated carbocycles. The van der Waals surface area contributed by atoms with Crippen LogP contribution in [0.1, 0.15) is 30.6 Å². The minimum atomic E-state index is -0.941. The third kappa shape index (κ3) is 4.09. The molecule has 0 radical (unpaired) electrons. The fourth-order valence-corrected chi connectivity index (χ4v) is 2.02. The van der Waals surface area contributed by atoms with Gasteiger partial charge in [0.1, 0.15) is 16.6 Å². The summed E-state index contributed by atoms with van der Waals surface area (Å²) in [6.07, 6.45) is 1.68. The molecule has 0 bridgehead atoms. The number of nitrogen functional groups attached to an aromatic ring is 1. The first-order chi connectivity index (χ1) is 8.99. The van der Waals surface area contributed by atoms with E-state index >= 15 is 0 Å².